The molecule has 5 aliphatic rings. The van der Waals surface area contributed by atoms with Gasteiger partial charge in [0.1, 0.15) is 11.8 Å². The zero-order chi connectivity index (χ0) is 29.6. The minimum absolute atomic E-state index is 0.0398. The summed E-state index contributed by atoms with van der Waals surface area (Å²) in [6, 6.07) is 6.41. The summed E-state index contributed by atoms with van der Waals surface area (Å²) >= 11 is 1.60. The van der Waals surface area contributed by atoms with Gasteiger partial charge in [-0.1, -0.05) is 50.5 Å². The van der Waals surface area contributed by atoms with E-state index in [2.05, 4.69) is 18.2 Å². The smallest absolute Gasteiger partial charge is 0.247 e. The molecule has 1 aliphatic carbocycles. The number of carbonyl (C=O) groups is 3. The molecule has 0 bridgehead atoms. The molecule has 1 saturated carbocycles. The summed E-state index contributed by atoms with van der Waals surface area (Å²) in [5, 5.41) is 10.4. The van der Waals surface area contributed by atoms with Crippen molar-refractivity contribution in [2.24, 2.45) is 11.8 Å². The highest BCUT2D eigenvalue weighted by Crippen LogP contribution is 2.66. The Bertz CT molecular complexity index is 1270. The third kappa shape index (κ3) is 4.50. The molecule has 226 valence electrons. The number of thioether (sulfide) groups is 1. The Morgan fingerprint density at radius 3 is 2.33 bits per heavy atom. The van der Waals surface area contributed by atoms with Gasteiger partial charge in [0, 0.05) is 29.6 Å². The van der Waals surface area contributed by atoms with Crippen LogP contribution in [0.2, 0.25) is 0 Å². The van der Waals surface area contributed by atoms with Crippen LogP contribution in [0.5, 0.6) is 5.75 Å². The van der Waals surface area contributed by atoms with E-state index in [0.717, 1.165) is 37.1 Å². The van der Waals surface area contributed by atoms with Crippen LogP contribution < -0.4 is 9.64 Å². The Hall–Kier alpha value is -2.78. The average molecular weight is 594 g/mol. The fourth-order valence-electron chi connectivity index (χ4n) is 8.13. The molecule has 1 aromatic carbocycles. The summed E-state index contributed by atoms with van der Waals surface area (Å²) in [6.45, 7) is 7.17. The number of hydrogen-bond donors (Lipinski definition) is 1. The van der Waals surface area contributed by atoms with Gasteiger partial charge in [-0.05, 0) is 57.4 Å². The highest BCUT2D eigenvalue weighted by atomic mass is 32.2. The third-order valence-corrected chi connectivity index (χ3v) is 11.9. The molecule has 4 aliphatic heterocycles. The van der Waals surface area contributed by atoms with Crippen molar-refractivity contribution in [2.75, 3.05) is 31.2 Å². The molecule has 6 atom stereocenters. The molecule has 8 nitrogen and oxygen atoms in total. The summed E-state index contributed by atoms with van der Waals surface area (Å²) in [7, 11) is 0. The van der Waals surface area contributed by atoms with Gasteiger partial charge in [-0.3, -0.25) is 14.4 Å². The average Bonchev–Trinajstić information content (AvgIpc) is 3.26. The van der Waals surface area contributed by atoms with Crippen LogP contribution in [0.4, 0.5) is 5.69 Å². The molecule has 3 fully saturated rings. The van der Waals surface area contributed by atoms with E-state index >= 15 is 0 Å². The van der Waals surface area contributed by atoms with Crippen molar-refractivity contribution >= 4 is 35.2 Å². The summed E-state index contributed by atoms with van der Waals surface area (Å²) in [4.78, 5) is 49.3. The highest BCUT2D eigenvalue weighted by molar-refractivity contribution is 8.02. The van der Waals surface area contributed by atoms with Gasteiger partial charge < -0.3 is 24.5 Å². The van der Waals surface area contributed by atoms with Crippen LogP contribution >= 0.6 is 11.8 Å². The Kier molecular flexibility index (Phi) is 7.94. The number of anilines is 1. The lowest BCUT2D eigenvalue weighted by Crippen LogP contribution is -2.58. The number of ether oxygens (including phenoxy) is 1. The number of aliphatic hydroxyl groups is 1. The van der Waals surface area contributed by atoms with Crippen LogP contribution in [-0.2, 0) is 14.4 Å². The summed E-state index contributed by atoms with van der Waals surface area (Å²) in [6.07, 6.45) is 14.1. The number of rotatable bonds is 7. The maximum absolute atomic E-state index is 14.7. The molecule has 1 N–H and O–H groups in total. The number of hydrogen-bond acceptors (Lipinski definition) is 6. The second-order valence-electron chi connectivity index (χ2n) is 12.5. The zero-order valence-corrected chi connectivity index (χ0v) is 25.7. The number of amides is 3. The van der Waals surface area contributed by atoms with Gasteiger partial charge >= 0.3 is 0 Å². The van der Waals surface area contributed by atoms with Crippen molar-refractivity contribution in [1.82, 2.24) is 9.80 Å². The summed E-state index contributed by atoms with van der Waals surface area (Å²) in [5.74, 6) is -0.986. The molecule has 9 heteroatoms. The Balaban J connectivity index is 1.43. The first-order valence-corrected chi connectivity index (χ1v) is 16.4. The second-order valence-corrected chi connectivity index (χ2v) is 14.2. The van der Waals surface area contributed by atoms with Gasteiger partial charge in [0.15, 0.2) is 0 Å². The van der Waals surface area contributed by atoms with Gasteiger partial charge in [0.05, 0.1) is 35.8 Å². The number of likely N-dealkylation sites (tertiary alicyclic amines) is 1. The van der Waals surface area contributed by atoms with Crippen molar-refractivity contribution in [3.63, 3.8) is 0 Å². The van der Waals surface area contributed by atoms with Crippen molar-refractivity contribution < 1.29 is 24.2 Å². The minimum Gasteiger partial charge on any atom is -0.494 e. The number of benzene rings is 1. The van der Waals surface area contributed by atoms with Crippen LogP contribution in [0.15, 0.2) is 48.6 Å². The maximum atomic E-state index is 14.7. The first-order valence-electron chi connectivity index (χ1n) is 15.6. The molecule has 4 heterocycles. The van der Waals surface area contributed by atoms with E-state index in [0.29, 0.717) is 26.1 Å². The number of carbonyl (C=O) groups excluding carboxylic acids is 3. The van der Waals surface area contributed by atoms with Crippen molar-refractivity contribution in [2.45, 2.75) is 86.9 Å². The van der Waals surface area contributed by atoms with E-state index in [9.17, 15) is 19.5 Å². The van der Waals surface area contributed by atoms with Gasteiger partial charge in [-0.15, -0.1) is 11.8 Å². The Morgan fingerprint density at radius 1 is 0.952 bits per heavy atom. The van der Waals surface area contributed by atoms with E-state index < -0.39 is 33.4 Å². The fraction of sp³-hybridized carbons (Fsp3) is 0.606. The van der Waals surface area contributed by atoms with E-state index in [1.165, 1.54) is 6.42 Å². The topological polar surface area (TPSA) is 90.4 Å². The van der Waals surface area contributed by atoms with Crippen LogP contribution in [0.25, 0.3) is 0 Å². The monoisotopic (exact) mass is 593 g/mol. The lowest BCUT2D eigenvalue weighted by molar-refractivity contribution is -0.147. The van der Waals surface area contributed by atoms with Gasteiger partial charge in [-0.25, -0.2) is 0 Å². The first-order chi connectivity index (χ1) is 20.3. The van der Waals surface area contributed by atoms with Crippen LogP contribution in [0.3, 0.4) is 0 Å². The fourth-order valence-corrected chi connectivity index (χ4v) is 10.3. The molecule has 3 amide bonds. The van der Waals surface area contributed by atoms with Crippen LogP contribution in [-0.4, -0.2) is 86.6 Å². The summed E-state index contributed by atoms with van der Waals surface area (Å²) in [5.41, 5.74) is 0.750. The molecule has 1 unspecified atom stereocenters. The zero-order valence-electron chi connectivity index (χ0n) is 24.9. The number of aliphatic hydroxyl groups excluding tert-OH is 1. The predicted molar refractivity (Wildman–Crippen MR) is 164 cm³/mol. The van der Waals surface area contributed by atoms with E-state index in [4.69, 9.17) is 4.74 Å². The van der Waals surface area contributed by atoms with Crippen molar-refractivity contribution in [1.29, 1.82) is 0 Å². The quantitative estimate of drug-likeness (QED) is 0.478. The molecule has 1 spiro atoms. The molecule has 42 heavy (non-hydrogen) atoms. The molecule has 2 saturated heterocycles. The lowest BCUT2D eigenvalue weighted by atomic mass is 9.74. The van der Waals surface area contributed by atoms with E-state index in [-0.39, 0.29) is 30.4 Å². The van der Waals surface area contributed by atoms with Crippen molar-refractivity contribution in [3.05, 3.63) is 48.6 Å². The molecule has 0 radical (unpaired) electrons. The van der Waals surface area contributed by atoms with Gasteiger partial charge in [-0.2, -0.15) is 0 Å². The molecular weight excluding hydrogens is 550 g/mol. The predicted octanol–water partition coefficient (Wildman–Crippen LogP) is 4.18. The normalized spacial score (nSPS) is 33.8. The van der Waals surface area contributed by atoms with E-state index in [1.807, 2.05) is 56.0 Å². The molecule has 0 aromatic heterocycles. The van der Waals surface area contributed by atoms with Crippen molar-refractivity contribution in [3.8, 4) is 5.75 Å². The molecule has 6 rings (SSSR count). The molecular formula is C33H43N3O5S. The minimum atomic E-state index is -0.901. The van der Waals surface area contributed by atoms with Crippen LogP contribution in [0, 0.1) is 11.8 Å². The largest absolute Gasteiger partial charge is 0.494 e. The SMILES string of the molecule is CCOc1ccc(N2CC=C[C@]3(C)S[C@]45C=CCN(C6CCCCC6)C(=O)C4N([C@@H](CC)CO)C(=O)[C@@H]5[C@@H]3C2=O)cc1. The lowest BCUT2D eigenvalue weighted by Gasteiger charge is -2.41. The molecule has 1 aromatic rings. The highest BCUT2D eigenvalue weighted by Gasteiger charge is 2.74. The van der Waals surface area contributed by atoms with E-state index in [1.54, 1.807) is 21.6 Å². The van der Waals surface area contributed by atoms with Crippen LogP contribution in [0.1, 0.15) is 59.3 Å². The maximum Gasteiger partial charge on any atom is 0.247 e. The first kappa shape index (κ1) is 29.3. The second kappa shape index (κ2) is 11.4. The number of fused-ring (bicyclic) bond motifs is 2. The van der Waals surface area contributed by atoms with Gasteiger partial charge in [0.25, 0.3) is 0 Å². The third-order valence-electron chi connectivity index (χ3n) is 10.1. The number of nitrogens with zero attached hydrogens (tertiary/aromatic N) is 3. The van der Waals surface area contributed by atoms with Gasteiger partial charge in [0.2, 0.25) is 17.7 Å². The standard InChI is InChI=1S/C33H43N3O5S/c1-4-22(21-37)36-28-31(40)35(23-11-7-6-8-12-23)20-10-18-33(28)27(30(36)39)26-29(38)34(19-9-17-32(26,3)42-33)24-13-15-25(16-14-24)41-5-2/h9-10,13-18,22-23,26-28,37H,4-8,11-12,19-21H2,1-3H3/t22-,26+,27-,28?,32-,33-/m0/s1. The summed E-state index contributed by atoms with van der Waals surface area (Å²) < 4.78 is 4.03. The Morgan fingerprint density at radius 2 is 1.67 bits per heavy atom. The Labute approximate surface area is 253 Å².